The van der Waals surface area contributed by atoms with E-state index in [1.54, 1.807) is 6.21 Å². The van der Waals surface area contributed by atoms with Gasteiger partial charge in [-0.1, -0.05) is 12.6 Å². The Hall–Kier alpha value is -1.61. The summed E-state index contributed by atoms with van der Waals surface area (Å²) >= 11 is 5.40. The predicted octanol–water partition coefficient (Wildman–Crippen LogP) is 2.73. The number of nitrogens with zero attached hydrogens (tertiary/aromatic N) is 1. The fourth-order valence-electron chi connectivity index (χ4n) is 1.23. The van der Waals surface area contributed by atoms with Gasteiger partial charge in [0.1, 0.15) is 5.88 Å². The van der Waals surface area contributed by atoms with Crippen molar-refractivity contribution in [3.63, 3.8) is 0 Å². The van der Waals surface area contributed by atoms with Crippen molar-refractivity contribution in [1.29, 1.82) is 0 Å². The zero-order valence-electron chi connectivity index (χ0n) is 9.03. The molecule has 4 heteroatoms. The fourth-order valence-corrected chi connectivity index (χ4v) is 1.29. The summed E-state index contributed by atoms with van der Waals surface area (Å²) in [6.45, 7) is 5.45. The number of rotatable bonds is 4. The molecule has 0 radical (unpaired) electrons. The molecule has 1 rings (SSSR count). The Labute approximate surface area is 99.8 Å². The van der Waals surface area contributed by atoms with Crippen LogP contribution in [0.25, 0.3) is 0 Å². The van der Waals surface area contributed by atoms with Crippen molar-refractivity contribution in [2.24, 2.45) is 4.99 Å². The van der Waals surface area contributed by atoms with Crippen molar-refractivity contribution in [1.82, 2.24) is 0 Å². The summed E-state index contributed by atoms with van der Waals surface area (Å²) in [7, 11) is 0. The van der Waals surface area contributed by atoms with Crippen molar-refractivity contribution >= 4 is 29.4 Å². The molecule has 3 nitrogen and oxygen atoms in total. The first-order chi connectivity index (χ1) is 7.67. The maximum atomic E-state index is 11.1. The molecule has 1 amide bonds. The molecule has 0 heterocycles. The molecule has 0 bridgehead atoms. The Morgan fingerprint density at radius 3 is 2.94 bits per heavy atom. The van der Waals surface area contributed by atoms with E-state index in [-0.39, 0.29) is 11.8 Å². The summed E-state index contributed by atoms with van der Waals surface area (Å²) in [5.41, 5.74) is 2.75. The van der Waals surface area contributed by atoms with Crippen molar-refractivity contribution in [2.75, 3.05) is 11.2 Å². The van der Waals surface area contributed by atoms with E-state index in [0.29, 0.717) is 0 Å². The first kappa shape index (κ1) is 12.5. The highest BCUT2D eigenvalue weighted by molar-refractivity contribution is 6.29. The highest BCUT2D eigenvalue weighted by Gasteiger charge is 2.01. The number of hydrogen-bond donors (Lipinski definition) is 1. The predicted molar refractivity (Wildman–Crippen MR) is 68.3 cm³/mol. The molecule has 0 atom stereocenters. The van der Waals surface area contributed by atoms with E-state index >= 15 is 0 Å². The number of aryl methyl sites for hydroxylation is 1. The smallest absolute Gasteiger partial charge is 0.239 e. The third-order valence-electron chi connectivity index (χ3n) is 1.99. The maximum absolute atomic E-state index is 11.1. The zero-order chi connectivity index (χ0) is 12.0. The number of anilines is 1. The van der Waals surface area contributed by atoms with Gasteiger partial charge >= 0.3 is 0 Å². The van der Waals surface area contributed by atoms with E-state index in [1.165, 1.54) is 6.20 Å². The lowest BCUT2D eigenvalue weighted by atomic mass is 10.1. The van der Waals surface area contributed by atoms with Gasteiger partial charge in [0.15, 0.2) is 0 Å². The van der Waals surface area contributed by atoms with Crippen LogP contribution in [-0.4, -0.2) is 18.0 Å². The first-order valence-electron chi connectivity index (χ1n) is 4.78. The molecule has 0 aliphatic rings. The average molecular weight is 237 g/mol. The van der Waals surface area contributed by atoms with Crippen LogP contribution < -0.4 is 5.32 Å². The average Bonchev–Trinajstić information content (AvgIpc) is 2.28. The van der Waals surface area contributed by atoms with Crippen LogP contribution in [0.5, 0.6) is 0 Å². The number of carbonyl (C=O) groups excluding carboxylic acids is 1. The Kier molecular flexibility index (Phi) is 4.73. The van der Waals surface area contributed by atoms with Gasteiger partial charge in [-0.2, -0.15) is 0 Å². The summed E-state index contributed by atoms with van der Waals surface area (Å²) in [6.07, 6.45) is 3.19. The van der Waals surface area contributed by atoms with Crippen LogP contribution in [0.3, 0.4) is 0 Å². The Balaban J connectivity index is 2.86. The molecule has 1 N–H and O–H groups in total. The quantitative estimate of drug-likeness (QED) is 0.634. The number of hydrogen-bond acceptors (Lipinski definition) is 2. The van der Waals surface area contributed by atoms with Gasteiger partial charge in [0, 0.05) is 18.1 Å². The largest absolute Gasteiger partial charge is 0.325 e. The van der Waals surface area contributed by atoms with E-state index < -0.39 is 0 Å². The molecule has 1 aromatic carbocycles. The van der Waals surface area contributed by atoms with Gasteiger partial charge in [-0.3, -0.25) is 9.79 Å². The van der Waals surface area contributed by atoms with Crippen LogP contribution in [0, 0.1) is 6.92 Å². The van der Waals surface area contributed by atoms with Crippen molar-refractivity contribution in [3.8, 4) is 0 Å². The molecular weight excluding hydrogens is 224 g/mol. The topological polar surface area (TPSA) is 41.5 Å². The molecular formula is C12H13ClN2O. The molecule has 0 aliphatic heterocycles. The van der Waals surface area contributed by atoms with Crippen LogP contribution in [-0.2, 0) is 4.79 Å². The van der Waals surface area contributed by atoms with Gasteiger partial charge in [0.25, 0.3) is 0 Å². The van der Waals surface area contributed by atoms with Gasteiger partial charge in [-0.25, -0.2) is 0 Å². The number of halogens is 1. The second-order valence-corrected chi connectivity index (χ2v) is 3.48. The standard InChI is InChI=1S/C12H13ClN2O/c1-3-14-8-10-4-5-11(6-9(10)2)15-12(16)7-13/h3-6,8H,1,7H2,2H3,(H,15,16)/b14-8-. The summed E-state index contributed by atoms with van der Waals surface area (Å²) in [6, 6.07) is 5.56. The second kappa shape index (κ2) is 6.08. The highest BCUT2D eigenvalue weighted by atomic mass is 35.5. The lowest BCUT2D eigenvalue weighted by molar-refractivity contribution is -0.113. The third-order valence-corrected chi connectivity index (χ3v) is 2.24. The number of aliphatic imine (C=N–C) groups is 1. The SMILES string of the molecule is C=C/N=C\c1ccc(NC(=O)CCl)cc1C. The van der Waals surface area contributed by atoms with Crippen LogP contribution in [0.1, 0.15) is 11.1 Å². The van der Waals surface area contributed by atoms with Crippen molar-refractivity contribution in [2.45, 2.75) is 6.92 Å². The Bertz CT molecular complexity index is 427. The molecule has 0 unspecified atom stereocenters. The minimum Gasteiger partial charge on any atom is -0.325 e. The molecule has 16 heavy (non-hydrogen) atoms. The van der Waals surface area contributed by atoms with E-state index in [4.69, 9.17) is 11.6 Å². The molecule has 0 saturated carbocycles. The molecule has 0 aliphatic carbocycles. The summed E-state index contributed by atoms with van der Waals surface area (Å²) in [5, 5.41) is 2.68. The van der Waals surface area contributed by atoms with Crippen molar-refractivity contribution < 1.29 is 4.79 Å². The number of benzene rings is 1. The highest BCUT2D eigenvalue weighted by Crippen LogP contribution is 2.13. The number of nitrogens with one attached hydrogen (secondary N) is 1. The molecule has 0 saturated heterocycles. The fraction of sp³-hybridized carbons (Fsp3) is 0.167. The molecule has 0 aromatic heterocycles. The second-order valence-electron chi connectivity index (χ2n) is 3.21. The number of alkyl halides is 1. The normalized spacial score (nSPS) is 10.4. The lowest BCUT2D eigenvalue weighted by Gasteiger charge is -2.05. The van der Waals surface area contributed by atoms with Crippen LogP contribution in [0.4, 0.5) is 5.69 Å². The van der Waals surface area contributed by atoms with Gasteiger partial charge in [-0.05, 0) is 30.2 Å². The summed E-state index contributed by atoms with van der Waals surface area (Å²) < 4.78 is 0. The zero-order valence-corrected chi connectivity index (χ0v) is 9.79. The van der Waals surface area contributed by atoms with Gasteiger partial charge in [0.2, 0.25) is 5.91 Å². The van der Waals surface area contributed by atoms with E-state index in [9.17, 15) is 4.79 Å². The van der Waals surface area contributed by atoms with Gasteiger partial charge < -0.3 is 5.32 Å². The van der Waals surface area contributed by atoms with Crippen LogP contribution >= 0.6 is 11.6 Å². The Morgan fingerprint density at radius 2 is 2.38 bits per heavy atom. The molecule has 1 aromatic rings. The maximum Gasteiger partial charge on any atom is 0.239 e. The van der Waals surface area contributed by atoms with E-state index in [2.05, 4.69) is 16.9 Å². The van der Waals surface area contributed by atoms with Crippen molar-refractivity contribution in [3.05, 3.63) is 42.1 Å². The Morgan fingerprint density at radius 1 is 1.62 bits per heavy atom. The first-order valence-corrected chi connectivity index (χ1v) is 5.31. The minimum absolute atomic E-state index is 0.0429. The third kappa shape index (κ3) is 3.51. The number of amides is 1. The summed E-state index contributed by atoms with van der Waals surface area (Å²) in [4.78, 5) is 15.0. The molecule has 0 fully saturated rings. The molecule has 84 valence electrons. The van der Waals surface area contributed by atoms with Crippen LogP contribution in [0.2, 0.25) is 0 Å². The van der Waals surface area contributed by atoms with Gasteiger partial charge in [0.05, 0.1) is 0 Å². The van der Waals surface area contributed by atoms with E-state index in [0.717, 1.165) is 16.8 Å². The van der Waals surface area contributed by atoms with E-state index in [1.807, 2.05) is 25.1 Å². The summed E-state index contributed by atoms with van der Waals surface area (Å²) in [5.74, 6) is -0.257. The number of carbonyl (C=O) groups is 1. The molecule has 0 spiro atoms. The van der Waals surface area contributed by atoms with Gasteiger partial charge in [-0.15, -0.1) is 11.6 Å². The lowest BCUT2D eigenvalue weighted by Crippen LogP contribution is -2.12. The minimum atomic E-state index is -0.214. The monoisotopic (exact) mass is 236 g/mol. The van der Waals surface area contributed by atoms with Crippen LogP contribution in [0.15, 0.2) is 36.0 Å².